The van der Waals surface area contributed by atoms with Crippen molar-refractivity contribution in [2.24, 2.45) is 0 Å². The number of rotatable bonds is 5. The van der Waals surface area contributed by atoms with E-state index in [2.05, 4.69) is 25.9 Å². The Labute approximate surface area is 194 Å². The van der Waals surface area contributed by atoms with E-state index in [9.17, 15) is 8.42 Å². The van der Waals surface area contributed by atoms with Crippen LogP contribution in [-0.4, -0.2) is 62.0 Å². The highest BCUT2D eigenvalue weighted by atomic mass is 32.2. The van der Waals surface area contributed by atoms with Crippen molar-refractivity contribution in [3.8, 4) is 11.1 Å². The van der Waals surface area contributed by atoms with Crippen LogP contribution in [0, 0.1) is 0 Å². The van der Waals surface area contributed by atoms with Gasteiger partial charge in [-0.3, -0.25) is 9.29 Å². The average Bonchev–Trinajstić information content (AvgIpc) is 2.84. The van der Waals surface area contributed by atoms with Crippen LogP contribution in [0.25, 0.3) is 22.0 Å². The van der Waals surface area contributed by atoms with Crippen LogP contribution in [0.5, 0.6) is 0 Å². The van der Waals surface area contributed by atoms with Crippen molar-refractivity contribution in [2.45, 2.75) is 38.1 Å². The second kappa shape index (κ2) is 9.23. The van der Waals surface area contributed by atoms with Gasteiger partial charge >= 0.3 is 0 Å². The van der Waals surface area contributed by atoms with Crippen LogP contribution in [-0.2, 0) is 14.8 Å². The summed E-state index contributed by atoms with van der Waals surface area (Å²) in [5, 5.41) is 0.967. The monoisotopic (exact) mass is 467 g/mol. The van der Waals surface area contributed by atoms with E-state index in [1.165, 1.54) is 6.26 Å². The maximum absolute atomic E-state index is 12.7. The minimum atomic E-state index is -3.42. The lowest BCUT2D eigenvalue weighted by atomic mass is 9.95. The molecule has 1 aromatic carbocycles. The fraction of sp³-hybridized carbons (Fsp3) is 0.458. The second-order valence-electron chi connectivity index (χ2n) is 8.81. The number of morpholine rings is 1. The topological polar surface area (TPSA) is 88.5 Å². The molecule has 0 radical (unpaired) electrons. The molecule has 0 amide bonds. The van der Waals surface area contributed by atoms with Crippen molar-refractivity contribution in [1.29, 1.82) is 0 Å². The van der Waals surface area contributed by atoms with Gasteiger partial charge in [0.2, 0.25) is 10.0 Å². The number of anilines is 2. The Bertz CT molecular complexity index is 1240. The molecule has 3 aromatic rings. The van der Waals surface area contributed by atoms with Gasteiger partial charge in [0.25, 0.3) is 0 Å². The molecule has 1 aliphatic heterocycles. The van der Waals surface area contributed by atoms with Crippen molar-refractivity contribution in [2.75, 3.05) is 41.8 Å². The Balaban J connectivity index is 1.54. The minimum Gasteiger partial charge on any atom is -0.378 e. The number of ether oxygens (including phenoxy) is 1. The van der Waals surface area contributed by atoms with Crippen molar-refractivity contribution < 1.29 is 13.2 Å². The summed E-state index contributed by atoms with van der Waals surface area (Å²) < 4.78 is 32.5. The van der Waals surface area contributed by atoms with Gasteiger partial charge in [-0.25, -0.2) is 18.4 Å². The average molecular weight is 468 g/mol. The van der Waals surface area contributed by atoms with E-state index in [4.69, 9.17) is 4.74 Å². The summed E-state index contributed by atoms with van der Waals surface area (Å²) in [5.74, 6) is 0.897. The summed E-state index contributed by atoms with van der Waals surface area (Å²) in [5.41, 5.74) is 3.33. The molecule has 0 bridgehead atoms. The normalized spacial score (nSPS) is 17.9. The zero-order valence-corrected chi connectivity index (χ0v) is 19.7. The van der Waals surface area contributed by atoms with E-state index in [0.717, 1.165) is 73.0 Å². The van der Waals surface area contributed by atoms with Crippen LogP contribution >= 0.6 is 0 Å². The molecule has 1 saturated heterocycles. The summed E-state index contributed by atoms with van der Waals surface area (Å²) in [7, 11) is -3.42. The first-order valence-corrected chi connectivity index (χ1v) is 13.4. The quantitative estimate of drug-likeness (QED) is 0.566. The second-order valence-corrected chi connectivity index (χ2v) is 10.7. The van der Waals surface area contributed by atoms with Crippen molar-refractivity contribution in [3.63, 3.8) is 0 Å². The van der Waals surface area contributed by atoms with Crippen LogP contribution < -0.4 is 9.21 Å². The highest BCUT2D eigenvalue weighted by Gasteiger charge is 2.29. The van der Waals surface area contributed by atoms with Gasteiger partial charge in [-0.05, 0) is 36.6 Å². The molecule has 9 heteroatoms. The van der Waals surface area contributed by atoms with Gasteiger partial charge in [-0.15, -0.1) is 0 Å². The summed E-state index contributed by atoms with van der Waals surface area (Å²) in [4.78, 5) is 15.6. The first-order chi connectivity index (χ1) is 16.0. The first kappa shape index (κ1) is 22.0. The van der Waals surface area contributed by atoms with E-state index in [1.807, 2.05) is 18.2 Å². The third-order valence-electron chi connectivity index (χ3n) is 6.50. The number of hydrogen-bond acceptors (Lipinski definition) is 7. The summed E-state index contributed by atoms with van der Waals surface area (Å²) in [6.07, 6.45) is 11.4. The number of benzene rings is 1. The van der Waals surface area contributed by atoms with E-state index >= 15 is 0 Å². The number of aromatic nitrogens is 3. The summed E-state index contributed by atoms with van der Waals surface area (Å²) >= 11 is 0. The van der Waals surface area contributed by atoms with E-state index in [-0.39, 0.29) is 6.04 Å². The van der Waals surface area contributed by atoms with Gasteiger partial charge in [-0.1, -0.05) is 25.3 Å². The fourth-order valence-corrected chi connectivity index (χ4v) is 6.18. The highest BCUT2D eigenvalue weighted by molar-refractivity contribution is 7.92. The largest absolute Gasteiger partial charge is 0.378 e. The smallest absolute Gasteiger partial charge is 0.232 e. The van der Waals surface area contributed by atoms with Crippen LogP contribution in [0.2, 0.25) is 0 Å². The van der Waals surface area contributed by atoms with E-state index in [1.54, 1.807) is 23.0 Å². The number of sulfonamides is 1. The third kappa shape index (κ3) is 4.65. The molecule has 0 N–H and O–H groups in total. The number of hydrogen-bond donors (Lipinski definition) is 0. The summed E-state index contributed by atoms with van der Waals surface area (Å²) in [6.45, 7) is 2.94. The Morgan fingerprint density at radius 3 is 2.55 bits per heavy atom. The van der Waals surface area contributed by atoms with Gasteiger partial charge in [0.1, 0.15) is 12.1 Å². The molecule has 174 valence electrons. The molecule has 2 fully saturated rings. The van der Waals surface area contributed by atoms with Crippen molar-refractivity contribution >= 4 is 32.4 Å². The minimum absolute atomic E-state index is 0.0104. The molecular weight excluding hydrogens is 438 g/mol. The predicted molar refractivity (Wildman–Crippen MR) is 130 cm³/mol. The molecule has 0 spiro atoms. The molecule has 1 aliphatic carbocycles. The molecular formula is C24H29N5O3S. The fourth-order valence-electron chi connectivity index (χ4n) is 4.94. The molecule has 2 aliphatic rings. The van der Waals surface area contributed by atoms with Crippen LogP contribution in [0.15, 0.2) is 43.0 Å². The van der Waals surface area contributed by atoms with Gasteiger partial charge in [-0.2, -0.15) is 0 Å². The van der Waals surface area contributed by atoms with Crippen LogP contribution in [0.3, 0.4) is 0 Å². The maximum Gasteiger partial charge on any atom is 0.232 e. The maximum atomic E-state index is 12.7. The lowest BCUT2D eigenvalue weighted by Gasteiger charge is -2.34. The number of fused-ring (bicyclic) bond motifs is 1. The highest BCUT2D eigenvalue weighted by Crippen LogP contribution is 2.33. The standard InChI is InChI=1S/C24H29N5O3S/c1-33(30,31)29(20-5-3-2-4-6-20)21-13-19(15-25-16-21)18-7-8-23-22(14-18)24(27-17-26-23)28-9-11-32-12-10-28/h7-8,13-17,20H,2-6,9-12H2,1H3. The Morgan fingerprint density at radius 1 is 1.00 bits per heavy atom. The van der Waals surface area contributed by atoms with E-state index < -0.39 is 10.0 Å². The molecule has 0 atom stereocenters. The van der Waals surface area contributed by atoms with Gasteiger partial charge < -0.3 is 9.64 Å². The SMILES string of the molecule is CS(=O)(=O)N(c1cncc(-c2ccc3ncnc(N4CCOCC4)c3c2)c1)C1CCCCC1. The molecule has 33 heavy (non-hydrogen) atoms. The Hall–Kier alpha value is -2.78. The molecule has 3 heterocycles. The zero-order valence-electron chi connectivity index (χ0n) is 18.9. The van der Waals surface area contributed by atoms with Gasteiger partial charge in [0.15, 0.2) is 0 Å². The van der Waals surface area contributed by atoms with Crippen molar-refractivity contribution in [3.05, 3.63) is 43.0 Å². The lowest BCUT2D eigenvalue weighted by molar-refractivity contribution is 0.122. The number of nitrogens with zero attached hydrogens (tertiary/aromatic N) is 5. The Morgan fingerprint density at radius 2 is 1.79 bits per heavy atom. The first-order valence-electron chi connectivity index (χ1n) is 11.5. The lowest BCUT2D eigenvalue weighted by Crippen LogP contribution is -2.41. The summed E-state index contributed by atoms with van der Waals surface area (Å²) in [6, 6.07) is 7.99. The van der Waals surface area contributed by atoms with Crippen LogP contribution in [0.4, 0.5) is 11.5 Å². The molecule has 5 rings (SSSR count). The third-order valence-corrected chi connectivity index (χ3v) is 7.72. The molecule has 8 nitrogen and oxygen atoms in total. The molecule has 1 saturated carbocycles. The Kier molecular flexibility index (Phi) is 6.16. The predicted octanol–water partition coefficient (Wildman–Crippen LogP) is 3.63. The van der Waals surface area contributed by atoms with Crippen molar-refractivity contribution in [1.82, 2.24) is 15.0 Å². The van der Waals surface area contributed by atoms with Crippen LogP contribution in [0.1, 0.15) is 32.1 Å². The molecule has 2 aromatic heterocycles. The zero-order chi connectivity index (χ0) is 22.8. The van der Waals surface area contributed by atoms with Gasteiger partial charge in [0.05, 0.1) is 36.9 Å². The van der Waals surface area contributed by atoms with E-state index in [0.29, 0.717) is 18.9 Å². The number of pyridine rings is 1. The molecule has 0 unspecified atom stereocenters. The van der Waals surface area contributed by atoms with Gasteiger partial charge in [0, 0.05) is 36.3 Å².